The molecule has 2 aromatic heterocycles. The van der Waals surface area contributed by atoms with Gasteiger partial charge in [0, 0.05) is 38.8 Å². The van der Waals surface area contributed by atoms with Crippen molar-refractivity contribution in [1.29, 1.82) is 0 Å². The van der Waals surface area contributed by atoms with E-state index in [2.05, 4.69) is 36.9 Å². The van der Waals surface area contributed by atoms with Crippen molar-refractivity contribution < 1.29 is 23.9 Å². The molecule has 0 spiro atoms. The summed E-state index contributed by atoms with van der Waals surface area (Å²) < 4.78 is 19.7. The van der Waals surface area contributed by atoms with E-state index in [-0.39, 0.29) is 18.3 Å². The lowest BCUT2D eigenvalue weighted by atomic mass is 9.91. The molecule has 5 rings (SSSR count). The van der Waals surface area contributed by atoms with Crippen LogP contribution in [0, 0.1) is 5.92 Å². The van der Waals surface area contributed by atoms with Crippen LogP contribution in [-0.4, -0.2) is 53.3 Å². The summed E-state index contributed by atoms with van der Waals surface area (Å²) in [7, 11) is -1.28. The Hall–Kier alpha value is -2.69. The van der Waals surface area contributed by atoms with E-state index in [0.717, 1.165) is 43.0 Å². The van der Waals surface area contributed by atoms with Crippen LogP contribution in [0.4, 0.5) is 0 Å². The first-order chi connectivity index (χ1) is 17.1. The van der Waals surface area contributed by atoms with Crippen LogP contribution in [0.2, 0.25) is 25.7 Å². The summed E-state index contributed by atoms with van der Waals surface area (Å²) in [5, 5.41) is 15.2. The molecule has 1 aliphatic carbocycles. The lowest BCUT2D eigenvalue weighted by Crippen LogP contribution is -2.32. The summed E-state index contributed by atoms with van der Waals surface area (Å²) in [6.07, 6.45) is 2.57. The molecule has 0 amide bonds. The van der Waals surface area contributed by atoms with Crippen LogP contribution < -0.4 is 5.76 Å². The number of carbonyl (C=O) groups is 1. The average Bonchev–Trinajstić information content (AvgIpc) is 3.16. The molecule has 0 bridgehead atoms. The Morgan fingerprint density at radius 1 is 1.25 bits per heavy atom. The quantitative estimate of drug-likeness (QED) is 0.332. The van der Waals surface area contributed by atoms with Gasteiger partial charge in [-0.1, -0.05) is 37.8 Å². The SMILES string of the molecule is C[C@H]1C[C@]1(c1noc(=O)n1COCC[Si](C)(C)C)n1c(C(=O)O)cc2cc(C3CCOCC3)ccc21. The lowest BCUT2D eigenvalue weighted by Gasteiger charge is -2.24. The fourth-order valence-electron chi connectivity index (χ4n) is 5.47. The maximum atomic E-state index is 12.6. The summed E-state index contributed by atoms with van der Waals surface area (Å²) in [5.74, 6) is -0.712. The number of benzene rings is 1. The van der Waals surface area contributed by atoms with Crippen molar-refractivity contribution >= 4 is 24.9 Å². The Balaban J connectivity index is 1.54. The van der Waals surface area contributed by atoms with Crippen molar-refractivity contribution in [2.75, 3.05) is 19.8 Å². The molecule has 2 atom stereocenters. The number of hydrogen-bond acceptors (Lipinski definition) is 6. The van der Waals surface area contributed by atoms with Crippen LogP contribution in [0.1, 0.15) is 54.0 Å². The van der Waals surface area contributed by atoms with Gasteiger partial charge in [0.15, 0.2) is 5.82 Å². The molecule has 2 fully saturated rings. The third kappa shape index (κ3) is 4.46. The zero-order valence-corrected chi connectivity index (χ0v) is 22.5. The second-order valence-corrected chi connectivity index (χ2v) is 17.1. The minimum absolute atomic E-state index is 0.0339. The molecule has 2 aliphatic rings. The Bertz CT molecular complexity index is 1330. The van der Waals surface area contributed by atoms with Crippen LogP contribution in [0.3, 0.4) is 0 Å². The van der Waals surface area contributed by atoms with Gasteiger partial charge in [0.05, 0.1) is 0 Å². The van der Waals surface area contributed by atoms with E-state index in [9.17, 15) is 14.7 Å². The molecular formula is C26H35N3O6Si. The smallest absolute Gasteiger partial charge is 0.443 e. The van der Waals surface area contributed by atoms with E-state index >= 15 is 0 Å². The number of aromatic carboxylic acids is 1. The van der Waals surface area contributed by atoms with E-state index in [1.807, 2.05) is 17.6 Å². The molecular weight excluding hydrogens is 478 g/mol. The van der Waals surface area contributed by atoms with Gasteiger partial charge in [0.25, 0.3) is 0 Å². The topological polar surface area (TPSA) is 109 Å². The molecule has 1 saturated heterocycles. The van der Waals surface area contributed by atoms with Crippen LogP contribution >= 0.6 is 0 Å². The lowest BCUT2D eigenvalue weighted by molar-refractivity contribution is 0.0680. The maximum Gasteiger partial charge on any atom is 0.443 e. The molecule has 1 aliphatic heterocycles. The molecule has 0 unspecified atom stereocenters. The third-order valence-corrected chi connectivity index (χ3v) is 9.40. The number of nitrogens with zero attached hydrogens (tertiary/aromatic N) is 3. The van der Waals surface area contributed by atoms with Crippen LogP contribution in [0.5, 0.6) is 0 Å². The molecule has 0 radical (unpaired) electrons. The van der Waals surface area contributed by atoms with Gasteiger partial charge in [-0.15, -0.1) is 0 Å². The predicted octanol–water partition coefficient (Wildman–Crippen LogP) is 4.48. The number of carboxylic acid groups (broad SMARTS) is 1. The minimum Gasteiger partial charge on any atom is -0.477 e. The number of aromatic nitrogens is 3. The van der Waals surface area contributed by atoms with Crippen molar-refractivity contribution in [2.45, 2.75) is 70.1 Å². The van der Waals surface area contributed by atoms with Gasteiger partial charge in [0.2, 0.25) is 0 Å². The zero-order chi connectivity index (χ0) is 25.7. The first kappa shape index (κ1) is 25.0. The van der Waals surface area contributed by atoms with Gasteiger partial charge in [-0.05, 0) is 60.9 Å². The third-order valence-electron chi connectivity index (χ3n) is 7.70. The molecule has 1 saturated carbocycles. The van der Waals surface area contributed by atoms with Gasteiger partial charge in [-0.25, -0.2) is 14.2 Å². The van der Waals surface area contributed by atoms with Crippen LogP contribution in [0.15, 0.2) is 33.6 Å². The molecule has 194 valence electrons. The van der Waals surface area contributed by atoms with Crippen LogP contribution in [0.25, 0.3) is 10.9 Å². The van der Waals surface area contributed by atoms with Crippen molar-refractivity contribution in [1.82, 2.24) is 14.3 Å². The van der Waals surface area contributed by atoms with Gasteiger partial charge in [0.1, 0.15) is 18.0 Å². The normalized spacial score (nSPS) is 22.8. The second-order valence-electron chi connectivity index (χ2n) is 11.5. The summed E-state index contributed by atoms with van der Waals surface area (Å²) in [6, 6.07) is 8.92. The highest BCUT2D eigenvalue weighted by Gasteiger charge is 2.60. The Morgan fingerprint density at radius 2 is 1.97 bits per heavy atom. The molecule has 1 N–H and O–H groups in total. The van der Waals surface area contributed by atoms with Crippen LogP contribution in [-0.2, 0) is 21.7 Å². The summed E-state index contributed by atoms with van der Waals surface area (Å²) in [4.78, 5) is 25.0. The number of rotatable bonds is 9. The molecule has 10 heteroatoms. The summed E-state index contributed by atoms with van der Waals surface area (Å²) >= 11 is 0. The average molecular weight is 514 g/mol. The van der Waals surface area contributed by atoms with Gasteiger partial charge < -0.3 is 19.1 Å². The number of ether oxygens (including phenoxy) is 2. The highest BCUT2D eigenvalue weighted by Crippen LogP contribution is 2.56. The van der Waals surface area contributed by atoms with Crippen molar-refractivity contribution in [3.8, 4) is 0 Å². The molecule has 3 aromatic rings. The van der Waals surface area contributed by atoms with E-state index in [1.165, 1.54) is 10.1 Å². The molecule has 9 nitrogen and oxygen atoms in total. The maximum absolute atomic E-state index is 12.6. The number of carboxylic acids is 1. The Labute approximate surface area is 211 Å². The van der Waals surface area contributed by atoms with E-state index in [4.69, 9.17) is 14.0 Å². The summed E-state index contributed by atoms with van der Waals surface area (Å²) in [5.41, 5.74) is 1.41. The minimum atomic E-state index is -1.28. The van der Waals surface area contributed by atoms with Gasteiger partial charge in [-0.3, -0.25) is 4.52 Å². The predicted molar refractivity (Wildman–Crippen MR) is 137 cm³/mol. The number of hydrogen-bond donors (Lipinski definition) is 1. The molecule has 36 heavy (non-hydrogen) atoms. The fourth-order valence-corrected chi connectivity index (χ4v) is 6.22. The van der Waals surface area contributed by atoms with Crippen molar-refractivity contribution in [3.05, 3.63) is 51.9 Å². The fraction of sp³-hybridized carbons (Fsp3) is 0.577. The largest absolute Gasteiger partial charge is 0.477 e. The molecule has 3 heterocycles. The zero-order valence-electron chi connectivity index (χ0n) is 21.5. The highest BCUT2D eigenvalue weighted by atomic mass is 28.3. The summed E-state index contributed by atoms with van der Waals surface area (Å²) in [6.45, 7) is 10.9. The Kier molecular flexibility index (Phi) is 6.46. The Morgan fingerprint density at radius 3 is 2.61 bits per heavy atom. The second kappa shape index (κ2) is 9.31. The van der Waals surface area contributed by atoms with Gasteiger partial charge in [-0.2, -0.15) is 0 Å². The molecule has 1 aromatic carbocycles. The first-order valence-electron chi connectivity index (χ1n) is 12.7. The standard InChI is InChI=1S/C26H35N3O6Si/c1-17-15-26(17,24-27-35-25(32)28(24)16-34-11-12-36(2,3)4)29-21-6-5-19(18-7-9-33-10-8-18)13-20(21)14-22(29)23(30)31/h5-6,13-14,17-18H,7-12,15-16H2,1-4H3,(H,30,31)/t17-,26-/m0/s1. The number of fused-ring (bicyclic) bond motifs is 1. The van der Waals surface area contributed by atoms with E-state index in [0.29, 0.717) is 24.8 Å². The monoisotopic (exact) mass is 513 g/mol. The highest BCUT2D eigenvalue weighted by molar-refractivity contribution is 6.76. The van der Waals surface area contributed by atoms with Crippen molar-refractivity contribution in [3.63, 3.8) is 0 Å². The van der Waals surface area contributed by atoms with Gasteiger partial charge >= 0.3 is 11.7 Å². The first-order valence-corrected chi connectivity index (χ1v) is 16.4. The van der Waals surface area contributed by atoms with E-state index in [1.54, 1.807) is 6.07 Å². The van der Waals surface area contributed by atoms with Crippen molar-refractivity contribution in [2.24, 2.45) is 5.92 Å². The van der Waals surface area contributed by atoms with E-state index < -0.39 is 25.3 Å².